The van der Waals surface area contributed by atoms with E-state index < -0.39 is 0 Å². The Morgan fingerprint density at radius 2 is 1.23 bits per heavy atom. The minimum Gasteiger partial charge on any atom is -0.465 e. The van der Waals surface area contributed by atoms with Crippen LogP contribution in [0, 0.1) is 0 Å². The Kier molecular flexibility index (Phi) is 6.56. The second-order valence-electron chi connectivity index (χ2n) is 6.98. The van der Waals surface area contributed by atoms with Crippen LogP contribution in [-0.4, -0.2) is 5.90 Å². The van der Waals surface area contributed by atoms with Gasteiger partial charge in [-0.05, 0) is 54.4 Å². The molecule has 0 saturated carbocycles. The van der Waals surface area contributed by atoms with Gasteiger partial charge in [-0.15, -0.1) is 0 Å². The normalized spacial score (nSPS) is 11.8. The molecule has 0 radical (unpaired) electrons. The van der Waals surface area contributed by atoms with E-state index in [0.717, 1.165) is 28.1 Å². The lowest BCUT2D eigenvalue weighted by Crippen LogP contribution is -2.11. The molecule has 4 rings (SSSR count). The lowest BCUT2D eigenvalue weighted by Gasteiger charge is -2.11. The molecule has 0 heterocycles. The summed E-state index contributed by atoms with van der Waals surface area (Å²) in [6, 6.07) is 37.6. The second kappa shape index (κ2) is 10.1. The Morgan fingerprint density at radius 3 is 1.94 bits per heavy atom. The average Bonchev–Trinajstić information content (AvgIpc) is 2.84. The average molecular weight is 405 g/mol. The smallest absolute Gasteiger partial charge is 0.225 e. The number of benzene rings is 4. The van der Waals surface area contributed by atoms with Gasteiger partial charge in [0.15, 0.2) is 0 Å². The maximum atomic E-state index is 6.23. The summed E-state index contributed by atoms with van der Waals surface area (Å²) in [6.07, 6.45) is 1.66. The molecule has 3 heteroatoms. The molecule has 0 fully saturated rings. The minimum absolute atomic E-state index is 0.479. The third-order valence-corrected chi connectivity index (χ3v) is 4.59. The molecule has 0 aliphatic rings. The molecule has 0 amide bonds. The van der Waals surface area contributed by atoms with E-state index in [-0.39, 0.29) is 0 Å². The molecule has 0 saturated heterocycles. The highest BCUT2D eigenvalue weighted by molar-refractivity contribution is 5.96. The predicted octanol–water partition coefficient (Wildman–Crippen LogP) is 7.45. The highest BCUT2D eigenvalue weighted by Crippen LogP contribution is 2.25. The van der Waals surface area contributed by atoms with E-state index in [1.54, 1.807) is 6.26 Å². The van der Waals surface area contributed by atoms with Crippen LogP contribution in [0.15, 0.2) is 132 Å². The summed E-state index contributed by atoms with van der Waals surface area (Å²) >= 11 is 0. The molecule has 0 N–H and O–H groups in total. The third kappa shape index (κ3) is 5.71. The number of rotatable bonds is 6. The van der Waals surface area contributed by atoms with Gasteiger partial charge in [-0.2, -0.15) is 0 Å². The van der Waals surface area contributed by atoms with Crippen molar-refractivity contribution >= 4 is 11.6 Å². The lowest BCUT2D eigenvalue weighted by molar-refractivity contribution is 0.473. The third-order valence-electron chi connectivity index (χ3n) is 4.59. The van der Waals surface area contributed by atoms with Crippen molar-refractivity contribution in [3.05, 3.63) is 127 Å². The van der Waals surface area contributed by atoms with Crippen molar-refractivity contribution < 1.29 is 9.47 Å². The lowest BCUT2D eigenvalue weighted by atomic mass is 10.1. The van der Waals surface area contributed by atoms with E-state index in [0.29, 0.717) is 11.6 Å². The van der Waals surface area contributed by atoms with Gasteiger partial charge in [0.25, 0.3) is 0 Å². The van der Waals surface area contributed by atoms with Crippen LogP contribution < -0.4 is 9.47 Å². The Labute approximate surface area is 182 Å². The van der Waals surface area contributed by atoms with Gasteiger partial charge in [-0.1, -0.05) is 78.9 Å². The molecule has 31 heavy (non-hydrogen) atoms. The van der Waals surface area contributed by atoms with Gasteiger partial charge in [0.05, 0.1) is 11.9 Å². The second-order valence-corrected chi connectivity index (χ2v) is 6.98. The van der Waals surface area contributed by atoms with Crippen molar-refractivity contribution in [3.8, 4) is 22.6 Å². The summed E-state index contributed by atoms with van der Waals surface area (Å²) < 4.78 is 12.0. The molecule has 0 bridgehead atoms. The van der Waals surface area contributed by atoms with Crippen LogP contribution in [0.3, 0.4) is 0 Å². The van der Waals surface area contributed by atoms with Gasteiger partial charge in [0, 0.05) is 5.57 Å². The first kappa shape index (κ1) is 20.2. The molecular formula is C28H23NO2. The zero-order valence-corrected chi connectivity index (χ0v) is 17.3. The van der Waals surface area contributed by atoms with Gasteiger partial charge < -0.3 is 9.47 Å². The number of hydrogen-bond acceptors (Lipinski definition) is 3. The summed E-state index contributed by atoms with van der Waals surface area (Å²) in [5, 5.41) is 0. The summed E-state index contributed by atoms with van der Waals surface area (Å²) in [5.74, 6) is 1.95. The maximum absolute atomic E-state index is 6.23. The zero-order valence-electron chi connectivity index (χ0n) is 17.3. The van der Waals surface area contributed by atoms with E-state index in [1.165, 1.54) is 0 Å². The predicted molar refractivity (Wildman–Crippen MR) is 127 cm³/mol. The van der Waals surface area contributed by atoms with Crippen LogP contribution in [0.2, 0.25) is 0 Å². The van der Waals surface area contributed by atoms with E-state index >= 15 is 0 Å². The fraction of sp³-hybridized carbons (Fsp3) is 0.0357. The number of para-hydroxylation sites is 2. The van der Waals surface area contributed by atoms with Gasteiger partial charge in [0.1, 0.15) is 11.5 Å². The van der Waals surface area contributed by atoms with Crippen molar-refractivity contribution in [1.29, 1.82) is 0 Å². The van der Waals surface area contributed by atoms with Crippen molar-refractivity contribution in [2.24, 2.45) is 4.99 Å². The highest BCUT2D eigenvalue weighted by Gasteiger charge is 2.09. The van der Waals surface area contributed by atoms with Crippen molar-refractivity contribution in [2.45, 2.75) is 6.92 Å². The molecule has 152 valence electrons. The van der Waals surface area contributed by atoms with E-state index in [4.69, 9.17) is 14.5 Å². The maximum Gasteiger partial charge on any atom is 0.225 e. The van der Waals surface area contributed by atoms with E-state index in [2.05, 4.69) is 18.2 Å². The Bertz CT molecular complexity index is 1170. The molecule has 0 unspecified atom stereocenters. The van der Waals surface area contributed by atoms with Crippen LogP contribution in [0.5, 0.6) is 11.5 Å². The monoisotopic (exact) mass is 405 g/mol. The van der Waals surface area contributed by atoms with E-state index in [9.17, 15) is 0 Å². The van der Waals surface area contributed by atoms with Crippen molar-refractivity contribution in [1.82, 2.24) is 0 Å². The Balaban J connectivity index is 1.63. The van der Waals surface area contributed by atoms with Gasteiger partial charge >= 0.3 is 0 Å². The van der Waals surface area contributed by atoms with Gasteiger partial charge in [-0.25, -0.2) is 4.99 Å². The first-order chi connectivity index (χ1) is 15.3. The Hall–Kier alpha value is -4.11. The largest absolute Gasteiger partial charge is 0.465 e. The molecule has 3 nitrogen and oxygen atoms in total. The summed E-state index contributed by atoms with van der Waals surface area (Å²) in [4.78, 5) is 4.71. The van der Waals surface area contributed by atoms with Crippen LogP contribution in [0.1, 0.15) is 6.92 Å². The quantitative estimate of drug-likeness (QED) is 0.189. The topological polar surface area (TPSA) is 30.8 Å². The summed E-state index contributed by atoms with van der Waals surface area (Å²) in [6.45, 7) is 1.92. The fourth-order valence-corrected chi connectivity index (χ4v) is 3.00. The summed E-state index contributed by atoms with van der Waals surface area (Å²) in [7, 11) is 0. The van der Waals surface area contributed by atoms with Gasteiger partial charge in [0.2, 0.25) is 5.90 Å². The zero-order chi connectivity index (χ0) is 21.3. The van der Waals surface area contributed by atoms with Crippen molar-refractivity contribution in [3.63, 3.8) is 0 Å². The minimum atomic E-state index is 0.479. The highest BCUT2D eigenvalue weighted by atomic mass is 16.5. The number of nitrogens with zero attached hydrogens (tertiary/aromatic N) is 1. The van der Waals surface area contributed by atoms with Crippen LogP contribution in [-0.2, 0) is 0 Å². The first-order valence-corrected chi connectivity index (χ1v) is 10.1. The van der Waals surface area contributed by atoms with Crippen LogP contribution in [0.25, 0.3) is 11.1 Å². The molecule has 0 aliphatic carbocycles. The SMILES string of the molecule is CC(=C\Oc1ccccc1)/C(=N/c1ccccc1)Oc1cccc(-c2ccccc2)c1. The van der Waals surface area contributed by atoms with Crippen LogP contribution in [0.4, 0.5) is 5.69 Å². The van der Waals surface area contributed by atoms with Crippen LogP contribution >= 0.6 is 0 Å². The van der Waals surface area contributed by atoms with Gasteiger partial charge in [-0.3, -0.25) is 0 Å². The molecular weight excluding hydrogens is 382 g/mol. The standard InChI is InChI=1S/C28H23NO2/c1-22(21-30-26-17-9-4-10-18-26)28(29-25-15-7-3-8-16-25)31-27-19-11-14-24(20-27)23-12-5-2-6-13-23/h2-21H,1H3/b22-21+,29-28-. The fourth-order valence-electron chi connectivity index (χ4n) is 3.00. The molecule has 4 aromatic carbocycles. The molecule has 4 aromatic rings. The van der Waals surface area contributed by atoms with E-state index in [1.807, 2.05) is 104 Å². The first-order valence-electron chi connectivity index (χ1n) is 10.1. The molecule has 0 aliphatic heterocycles. The molecule has 0 spiro atoms. The molecule has 0 atom stereocenters. The molecule has 0 aromatic heterocycles. The van der Waals surface area contributed by atoms with Crippen molar-refractivity contribution in [2.75, 3.05) is 0 Å². The number of aliphatic imine (C=N–C) groups is 1. The number of ether oxygens (including phenoxy) is 2. The number of hydrogen-bond donors (Lipinski definition) is 0. The Morgan fingerprint density at radius 1 is 0.645 bits per heavy atom. The summed E-state index contributed by atoms with van der Waals surface area (Å²) in [5.41, 5.74) is 3.80.